The van der Waals surface area contributed by atoms with Gasteiger partial charge in [-0.05, 0) is 42.6 Å². The van der Waals surface area contributed by atoms with Gasteiger partial charge < -0.3 is 54.3 Å². The number of thioether (sulfide) groups is 2. The Balaban J connectivity index is 1.52. The average molecular weight is 1210 g/mol. The summed E-state index contributed by atoms with van der Waals surface area (Å²) < 4.78 is 27.8. The number of hydrogen-bond donors (Lipinski definition) is 4. The molecule has 460 valence electrons. The van der Waals surface area contributed by atoms with Gasteiger partial charge in [-0.25, -0.2) is 4.98 Å². The molecule has 3 unspecified atom stereocenters. The summed E-state index contributed by atoms with van der Waals surface area (Å²) in [5.41, 5.74) is 1.01. The van der Waals surface area contributed by atoms with Crippen LogP contribution in [0.1, 0.15) is 134 Å². The molecule has 0 saturated carbocycles. The first-order valence-electron chi connectivity index (χ1n) is 28.3. The fourth-order valence-electron chi connectivity index (χ4n) is 9.50. The molecule has 2 aromatic rings. The van der Waals surface area contributed by atoms with Gasteiger partial charge in [-0.15, -0.1) is 34.9 Å². The lowest BCUT2D eigenvalue weighted by Gasteiger charge is -2.37. The lowest BCUT2D eigenvalue weighted by molar-refractivity contribution is -0.150. The van der Waals surface area contributed by atoms with E-state index in [9.17, 15) is 48.3 Å². The quantitative estimate of drug-likeness (QED) is 0.0395. The third kappa shape index (κ3) is 25.1. The fourth-order valence-corrected chi connectivity index (χ4v) is 13.5. The van der Waals surface area contributed by atoms with Gasteiger partial charge in [0.05, 0.1) is 76.3 Å². The Morgan fingerprint density at radius 3 is 1.98 bits per heavy atom. The molecule has 0 spiro atoms. The minimum absolute atomic E-state index is 0.000314. The maximum Gasteiger partial charge on any atom is 0.306 e. The van der Waals surface area contributed by atoms with Gasteiger partial charge in [0.2, 0.25) is 17.7 Å². The van der Waals surface area contributed by atoms with Crippen LogP contribution in [0, 0.1) is 29.6 Å². The summed E-state index contributed by atoms with van der Waals surface area (Å²) in [5, 5.41) is 25.7. The van der Waals surface area contributed by atoms with E-state index in [2.05, 4.69) is 15.6 Å². The number of carbonyl (C=O) groups excluding carboxylic acids is 7. The molecular weight excluding hydrogens is 1120 g/mol. The molecule has 4 N–H and O–H groups in total. The Kier molecular flexibility index (Phi) is 33.1. The van der Waals surface area contributed by atoms with Crippen molar-refractivity contribution in [1.82, 2.24) is 25.4 Å². The monoisotopic (exact) mass is 1210 g/mol. The minimum atomic E-state index is -0.977. The zero-order chi connectivity index (χ0) is 60.9. The molecule has 0 aliphatic carbocycles. The number of carbonyl (C=O) groups is 9. The molecule has 82 heavy (non-hydrogen) atoms. The number of ketones is 2. The van der Waals surface area contributed by atoms with Crippen molar-refractivity contribution in [2.45, 2.75) is 148 Å². The van der Waals surface area contributed by atoms with Crippen LogP contribution in [-0.4, -0.2) is 185 Å². The first-order valence-corrected chi connectivity index (χ1v) is 31.3. The van der Waals surface area contributed by atoms with E-state index in [1.807, 2.05) is 71.9 Å². The molecule has 1 aliphatic rings. The second-order valence-electron chi connectivity index (χ2n) is 21.4. The number of amides is 4. The number of ether oxygens (including phenoxy) is 5. The van der Waals surface area contributed by atoms with Crippen molar-refractivity contribution in [2.24, 2.45) is 29.6 Å². The second-order valence-corrected chi connectivity index (χ2v) is 24.9. The number of nitrogens with one attached hydrogen (secondary N) is 2. The van der Waals surface area contributed by atoms with Crippen LogP contribution in [0.15, 0.2) is 35.7 Å². The number of carboxylic acid groups (broad SMARTS) is 2. The van der Waals surface area contributed by atoms with Crippen LogP contribution < -0.4 is 10.6 Å². The predicted molar refractivity (Wildman–Crippen MR) is 314 cm³/mol. The number of thiazole rings is 1. The third-order valence-corrected chi connectivity index (χ3v) is 18.2. The van der Waals surface area contributed by atoms with E-state index in [0.717, 1.165) is 16.9 Å². The van der Waals surface area contributed by atoms with Gasteiger partial charge in [0.25, 0.3) is 5.91 Å². The van der Waals surface area contributed by atoms with Gasteiger partial charge in [0.15, 0.2) is 11.9 Å². The Morgan fingerprint density at radius 1 is 0.756 bits per heavy atom. The molecule has 1 fully saturated rings. The Hall–Kier alpha value is -4.98. The summed E-state index contributed by atoms with van der Waals surface area (Å²) in [5.74, 6) is -6.15. The highest BCUT2D eigenvalue weighted by molar-refractivity contribution is 8.20. The average Bonchev–Trinajstić information content (AvgIpc) is 4.26. The number of aliphatic carboxylic acids is 2. The van der Waals surface area contributed by atoms with Crippen LogP contribution >= 0.6 is 34.9 Å². The number of benzene rings is 1. The summed E-state index contributed by atoms with van der Waals surface area (Å²) in [7, 11) is 3.26. The van der Waals surface area contributed by atoms with Gasteiger partial charge in [-0.1, -0.05) is 85.2 Å². The summed E-state index contributed by atoms with van der Waals surface area (Å²) in [6, 6.07) is 7.60. The van der Waals surface area contributed by atoms with E-state index < -0.39 is 70.4 Å². The molecule has 0 radical (unpaired) electrons. The van der Waals surface area contributed by atoms with Crippen molar-refractivity contribution in [2.75, 3.05) is 78.6 Å². The molecule has 21 nitrogen and oxygen atoms in total. The van der Waals surface area contributed by atoms with E-state index in [1.54, 1.807) is 31.3 Å². The predicted octanol–water partition coefficient (Wildman–Crippen LogP) is 6.75. The molecular formula is C58H89N5O16S3. The number of hydrogen-bond acceptors (Lipinski definition) is 18. The first-order chi connectivity index (χ1) is 39.0. The molecule has 1 aromatic carbocycles. The van der Waals surface area contributed by atoms with Crippen LogP contribution in [0.5, 0.6) is 0 Å². The number of Topliss-reactive ketones (excluding diaryl/α,β-unsaturated/α-hetero) is 2. The van der Waals surface area contributed by atoms with Crippen LogP contribution in [0.3, 0.4) is 0 Å². The van der Waals surface area contributed by atoms with Gasteiger partial charge >= 0.3 is 17.9 Å². The molecule has 1 aromatic heterocycles. The number of aromatic nitrogens is 1. The Labute approximate surface area is 496 Å². The minimum Gasteiger partial charge on any atom is -0.481 e. The first kappa shape index (κ1) is 71.3. The molecule has 4 amide bonds. The van der Waals surface area contributed by atoms with E-state index in [1.165, 1.54) is 35.3 Å². The highest BCUT2D eigenvalue weighted by atomic mass is 32.2. The third-order valence-electron chi connectivity index (χ3n) is 14.2. The summed E-state index contributed by atoms with van der Waals surface area (Å²) >= 11 is 4.02. The smallest absolute Gasteiger partial charge is 0.306 e. The van der Waals surface area contributed by atoms with E-state index in [0.29, 0.717) is 42.6 Å². The maximum absolute atomic E-state index is 14.7. The van der Waals surface area contributed by atoms with Crippen molar-refractivity contribution >= 4 is 88.0 Å². The van der Waals surface area contributed by atoms with Crippen LogP contribution in [0.2, 0.25) is 0 Å². The van der Waals surface area contributed by atoms with E-state index in [4.69, 9.17) is 28.8 Å². The Bertz CT molecular complexity index is 2340. The number of esters is 1. The molecule has 24 heteroatoms. The molecule has 3 rings (SSSR count). The van der Waals surface area contributed by atoms with Crippen LogP contribution in [-0.2, 0) is 68.5 Å². The topological polar surface area (TPSA) is 284 Å². The maximum atomic E-state index is 14.7. The van der Waals surface area contributed by atoms with Crippen LogP contribution in [0.4, 0.5) is 0 Å². The Morgan fingerprint density at radius 2 is 1.38 bits per heavy atom. The highest BCUT2D eigenvalue weighted by Crippen LogP contribution is 2.38. The lowest BCUT2D eigenvalue weighted by Crippen LogP contribution is -2.49. The number of nitrogens with zero attached hydrogens (tertiary/aromatic N) is 3. The zero-order valence-electron chi connectivity index (χ0n) is 49.4. The normalized spacial score (nSPS) is 16.8. The summed E-state index contributed by atoms with van der Waals surface area (Å²) in [6.45, 7) is 16.3. The van der Waals surface area contributed by atoms with E-state index >= 15 is 0 Å². The SMILES string of the molecule is CC[C@H](C)[C@H](CC(=O)[C@H](C(C)C)N(C)C(=O)CCOCCOCCNC(=O)C1SCSC1C(=O)CCCOCCOCCC(=O)O)C(=O)N(C)[C@H](C[C@@H](OC(C)=O)c1nc(C(=O)N[C@@H](Cc2ccccc2)CC(C)C(=O)O)cs1)C(C)C. The van der Waals surface area contributed by atoms with Gasteiger partial charge in [0, 0.05) is 81.9 Å². The van der Waals surface area contributed by atoms with Gasteiger partial charge in [-0.3, -0.25) is 43.2 Å². The van der Waals surface area contributed by atoms with E-state index in [-0.39, 0.29) is 137 Å². The van der Waals surface area contributed by atoms with Crippen molar-refractivity contribution < 1.29 is 77.0 Å². The highest BCUT2D eigenvalue weighted by Gasteiger charge is 2.40. The number of rotatable bonds is 42. The molecule has 0 bridgehead atoms. The van der Waals surface area contributed by atoms with Gasteiger partial charge in [-0.2, -0.15) is 0 Å². The lowest BCUT2D eigenvalue weighted by atomic mass is 9.82. The van der Waals surface area contributed by atoms with Gasteiger partial charge in [0.1, 0.15) is 21.7 Å². The second kappa shape index (κ2) is 38.1. The van der Waals surface area contributed by atoms with Crippen molar-refractivity contribution in [3.05, 3.63) is 52.0 Å². The molecule has 2 heterocycles. The number of likely N-dealkylation sites (N-methyl/N-ethyl adjacent to an activating group) is 1. The largest absolute Gasteiger partial charge is 0.481 e. The molecule has 1 aliphatic heterocycles. The molecule has 1 saturated heterocycles. The van der Waals surface area contributed by atoms with Crippen molar-refractivity contribution in [1.29, 1.82) is 0 Å². The van der Waals surface area contributed by atoms with Crippen molar-refractivity contribution in [3.8, 4) is 0 Å². The summed E-state index contributed by atoms with van der Waals surface area (Å²) in [4.78, 5) is 125. The zero-order valence-corrected chi connectivity index (χ0v) is 51.9. The molecule has 9 atom stereocenters. The number of carboxylic acids is 2. The fraction of sp³-hybridized carbons (Fsp3) is 0.690. The van der Waals surface area contributed by atoms with Crippen LogP contribution in [0.25, 0.3) is 0 Å². The van der Waals surface area contributed by atoms with Crippen molar-refractivity contribution in [3.63, 3.8) is 0 Å². The standard InChI is InChI=1S/C58H89N5O16S3/c1-11-38(6)43(57(72)62(9)45(36(2)3)33-48(79-40(8)64)56-61-44(34-80-56)54(70)60-42(30-39(7)58(73)74)31-41-16-13-12-14-17-41)32-47(66)51(37(4)5)63(10)49(67)19-23-76-28-29-78-25-21-59-55(71)53-52(81-35-82-53)46(65)18-15-22-75-26-27-77-24-20-50(68)69/h12-14,16-17,34,36-39,42-43,45,48,51-53H,11,15,18-33,35H2,1-10H3,(H,59,71)(H,60,70)(H,68,69)(H,73,74)/t38-,39?,42+,43-,45+,48+,51-,52?,53?/m0/s1. The summed E-state index contributed by atoms with van der Waals surface area (Å²) in [6.07, 6.45) is 0.990.